The van der Waals surface area contributed by atoms with Crippen molar-refractivity contribution >= 4 is 29.5 Å². The van der Waals surface area contributed by atoms with Crippen LogP contribution in [0.4, 0.5) is 0 Å². The van der Waals surface area contributed by atoms with Gasteiger partial charge in [0.1, 0.15) is 0 Å². The van der Waals surface area contributed by atoms with Crippen LogP contribution in [0.1, 0.15) is 37.7 Å². The molecule has 0 radical (unpaired) electrons. The first kappa shape index (κ1) is 21.8. The number of hydrogen-bond donors (Lipinski definition) is 3. The summed E-state index contributed by atoms with van der Waals surface area (Å²) in [5.41, 5.74) is 6.46. The standard InChI is InChI=1S/C19H25N7O3S/c1-13-7-5-6-10-15(13)26-19(23-24-25-26)30-12-17(28)22-21-16(27)11-20-18(29)14-8-3-2-4-9-14/h5-7,10,14H,2-4,8-9,11-12H2,1H3,(H,20,29)(H,21,27)(H,22,28). The third kappa shape index (κ3) is 6.02. The fourth-order valence-electron chi connectivity index (χ4n) is 3.25. The van der Waals surface area contributed by atoms with Crippen molar-refractivity contribution in [3.63, 3.8) is 0 Å². The lowest BCUT2D eigenvalue weighted by molar-refractivity contribution is -0.130. The molecule has 0 atom stereocenters. The second kappa shape index (κ2) is 10.7. The fraction of sp³-hybridized carbons (Fsp3) is 0.474. The molecular formula is C19H25N7O3S. The summed E-state index contributed by atoms with van der Waals surface area (Å²) in [6.07, 6.45) is 4.98. The van der Waals surface area contributed by atoms with Crippen LogP contribution in [0.5, 0.6) is 0 Å². The number of rotatable bonds is 7. The zero-order chi connectivity index (χ0) is 21.3. The van der Waals surface area contributed by atoms with Crippen LogP contribution >= 0.6 is 11.8 Å². The molecule has 3 N–H and O–H groups in total. The van der Waals surface area contributed by atoms with Crippen LogP contribution in [-0.4, -0.2) is 50.2 Å². The van der Waals surface area contributed by atoms with Crippen molar-refractivity contribution < 1.29 is 14.4 Å². The van der Waals surface area contributed by atoms with Crippen LogP contribution in [0.25, 0.3) is 5.69 Å². The highest BCUT2D eigenvalue weighted by molar-refractivity contribution is 7.99. The van der Waals surface area contributed by atoms with Gasteiger partial charge in [-0.3, -0.25) is 25.2 Å². The minimum atomic E-state index is -0.484. The number of nitrogens with one attached hydrogen (secondary N) is 3. The van der Waals surface area contributed by atoms with E-state index in [1.165, 1.54) is 0 Å². The summed E-state index contributed by atoms with van der Waals surface area (Å²) in [6, 6.07) is 7.63. The van der Waals surface area contributed by atoms with E-state index >= 15 is 0 Å². The van der Waals surface area contributed by atoms with E-state index in [-0.39, 0.29) is 24.1 Å². The van der Waals surface area contributed by atoms with Gasteiger partial charge in [0.2, 0.25) is 17.0 Å². The number of hydrogen-bond acceptors (Lipinski definition) is 7. The molecule has 1 aromatic carbocycles. The van der Waals surface area contributed by atoms with E-state index in [1.807, 2.05) is 31.2 Å². The van der Waals surface area contributed by atoms with Crippen molar-refractivity contribution in [1.82, 2.24) is 36.4 Å². The lowest BCUT2D eigenvalue weighted by Gasteiger charge is -2.20. The third-order valence-electron chi connectivity index (χ3n) is 4.86. The van der Waals surface area contributed by atoms with E-state index in [0.717, 1.165) is 55.1 Å². The van der Waals surface area contributed by atoms with E-state index in [1.54, 1.807) is 4.68 Å². The maximum Gasteiger partial charge on any atom is 0.257 e. The second-order valence-electron chi connectivity index (χ2n) is 7.10. The molecule has 1 heterocycles. The molecule has 1 aliphatic carbocycles. The smallest absolute Gasteiger partial charge is 0.257 e. The van der Waals surface area contributed by atoms with Crippen molar-refractivity contribution in [3.8, 4) is 5.69 Å². The minimum absolute atomic E-state index is 0.0148. The van der Waals surface area contributed by atoms with E-state index in [0.29, 0.717) is 5.16 Å². The van der Waals surface area contributed by atoms with Crippen LogP contribution in [0, 0.1) is 12.8 Å². The molecule has 1 saturated carbocycles. The Morgan fingerprint density at radius 2 is 1.83 bits per heavy atom. The van der Waals surface area contributed by atoms with Gasteiger partial charge in [-0.2, -0.15) is 4.68 Å². The predicted molar refractivity (Wildman–Crippen MR) is 110 cm³/mol. The first-order chi connectivity index (χ1) is 14.5. The molecule has 10 nitrogen and oxygen atoms in total. The summed E-state index contributed by atoms with van der Waals surface area (Å²) in [4.78, 5) is 35.9. The Kier molecular flexibility index (Phi) is 7.77. The lowest BCUT2D eigenvalue weighted by atomic mass is 9.89. The molecule has 2 aromatic rings. The first-order valence-electron chi connectivity index (χ1n) is 9.87. The molecule has 30 heavy (non-hydrogen) atoms. The predicted octanol–water partition coefficient (Wildman–Crippen LogP) is 0.907. The van der Waals surface area contributed by atoms with Crippen molar-refractivity contribution in [1.29, 1.82) is 0 Å². The molecule has 3 rings (SSSR count). The van der Waals surface area contributed by atoms with Crippen molar-refractivity contribution in [2.24, 2.45) is 5.92 Å². The molecule has 0 aliphatic heterocycles. The Balaban J connectivity index is 1.39. The number of carbonyl (C=O) groups excluding carboxylic acids is 3. The van der Waals surface area contributed by atoms with Gasteiger partial charge < -0.3 is 5.32 Å². The monoisotopic (exact) mass is 431 g/mol. The van der Waals surface area contributed by atoms with Crippen LogP contribution in [0.2, 0.25) is 0 Å². The number of hydrazine groups is 1. The largest absolute Gasteiger partial charge is 0.347 e. The Morgan fingerprint density at radius 1 is 1.10 bits per heavy atom. The molecule has 3 amide bonds. The molecule has 1 aliphatic rings. The Morgan fingerprint density at radius 3 is 2.60 bits per heavy atom. The van der Waals surface area contributed by atoms with E-state index in [9.17, 15) is 14.4 Å². The molecule has 0 saturated heterocycles. The first-order valence-corrected chi connectivity index (χ1v) is 10.9. The van der Waals surface area contributed by atoms with Gasteiger partial charge >= 0.3 is 0 Å². The summed E-state index contributed by atoms with van der Waals surface area (Å²) in [5.74, 6) is -0.999. The molecule has 0 unspecified atom stereocenters. The highest BCUT2D eigenvalue weighted by Crippen LogP contribution is 2.23. The molecular weight excluding hydrogens is 406 g/mol. The van der Waals surface area contributed by atoms with Crippen molar-refractivity contribution in [3.05, 3.63) is 29.8 Å². The summed E-state index contributed by atoms with van der Waals surface area (Å²) in [7, 11) is 0. The summed E-state index contributed by atoms with van der Waals surface area (Å²) in [6.45, 7) is 1.77. The number of para-hydroxylation sites is 1. The molecule has 1 fully saturated rings. The average Bonchev–Trinajstić information content (AvgIpc) is 3.24. The fourth-order valence-corrected chi connectivity index (χ4v) is 3.93. The number of benzene rings is 1. The normalized spacial score (nSPS) is 14.2. The Labute approximate surface area is 178 Å². The lowest BCUT2D eigenvalue weighted by Crippen LogP contribution is -2.47. The van der Waals surface area contributed by atoms with Crippen LogP contribution in [-0.2, 0) is 14.4 Å². The number of nitrogens with zero attached hydrogens (tertiary/aromatic N) is 4. The van der Waals surface area contributed by atoms with Gasteiger partial charge in [-0.05, 0) is 41.8 Å². The second-order valence-corrected chi connectivity index (χ2v) is 8.04. The summed E-state index contributed by atoms with van der Waals surface area (Å²) in [5, 5.41) is 14.7. The highest BCUT2D eigenvalue weighted by Gasteiger charge is 2.21. The Hall–Kier alpha value is -2.95. The van der Waals surface area contributed by atoms with Gasteiger partial charge in [-0.25, -0.2) is 0 Å². The van der Waals surface area contributed by atoms with E-state index in [2.05, 4.69) is 31.7 Å². The third-order valence-corrected chi connectivity index (χ3v) is 5.78. The topological polar surface area (TPSA) is 131 Å². The summed E-state index contributed by atoms with van der Waals surface area (Å²) >= 11 is 1.15. The maximum atomic E-state index is 12.0. The molecule has 160 valence electrons. The molecule has 0 bridgehead atoms. The number of thioether (sulfide) groups is 1. The maximum absolute atomic E-state index is 12.0. The SMILES string of the molecule is Cc1ccccc1-n1nnnc1SCC(=O)NNC(=O)CNC(=O)C1CCCCC1. The zero-order valence-corrected chi connectivity index (χ0v) is 17.6. The van der Waals surface area contributed by atoms with Crippen LogP contribution < -0.4 is 16.2 Å². The van der Waals surface area contributed by atoms with E-state index < -0.39 is 11.8 Å². The van der Waals surface area contributed by atoms with Crippen LogP contribution in [0.15, 0.2) is 29.4 Å². The number of aryl methyl sites for hydroxylation is 1. The average molecular weight is 432 g/mol. The quantitative estimate of drug-likeness (QED) is 0.439. The minimum Gasteiger partial charge on any atom is -0.347 e. The molecule has 11 heteroatoms. The number of carbonyl (C=O) groups is 3. The van der Waals surface area contributed by atoms with Crippen molar-refractivity contribution in [2.75, 3.05) is 12.3 Å². The number of amides is 3. The number of aromatic nitrogens is 4. The van der Waals surface area contributed by atoms with Gasteiger partial charge in [-0.1, -0.05) is 49.2 Å². The van der Waals surface area contributed by atoms with Gasteiger partial charge in [0, 0.05) is 5.92 Å². The van der Waals surface area contributed by atoms with Crippen LogP contribution in [0.3, 0.4) is 0 Å². The van der Waals surface area contributed by atoms with Crippen molar-refractivity contribution in [2.45, 2.75) is 44.2 Å². The van der Waals surface area contributed by atoms with Gasteiger partial charge in [0.15, 0.2) is 0 Å². The molecule has 0 spiro atoms. The van der Waals surface area contributed by atoms with E-state index in [4.69, 9.17) is 0 Å². The van der Waals surface area contributed by atoms with Gasteiger partial charge in [-0.15, -0.1) is 5.10 Å². The van der Waals surface area contributed by atoms with Gasteiger partial charge in [0.25, 0.3) is 5.91 Å². The Bertz CT molecular complexity index is 896. The summed E-state index contributed by atoms with van der Waals surface area (Å²) < 4.78 is 1.56. The van der Waals surface area contributed by atoms with Gasteiger partial charge in [0.05, 0.1) is 18.0 Å². The number of tetrazole rings is 1. The highest BCUT2D eigenvalue weighted by atomic mass is 32.2. The zero-order valence-electron chi connectivity index (χ0n) is 16.8. The molecule has 1 aromatic heterocycles.